The van der Waals surface area contributed by atoms with E-state index >= 15 is 0 Å². The average Bonchev–Trinajstić information content (AvgIpc) is 2.30. The summed E-state index contributed by atoms with van der Waals surface area (Å²) in [6, 6.07) is 0. The smallest absolute Gasteiger partial charge is 0.134 e. The lowest BCUT2D eigenvalue weighted by molar-refractivity contribution is -0.122. The predicted molar refractivity (Wildman–Crippen MR) is 57.2 cm³/mol. The van der Waals surface area contributed by atoms with Crippen molar-refractivity contribution in [3.05, 3.63) is 0 Å². The summed E-state index contributed by atoms with van der Waals surface area (Å²) in [6.45, 7) is 10.1. The Kier molecular flexibility index (Phi) is 3.36. The zero-order valence-corrected chi connectivity index (χ0v) is 9.85. The summed E-state index contributed by atoms with van der Waals surface area (Å²) in [5.41, 5.74) is 0.231. The Morgan fingerprint density at radius 3 is 2.50 bits per heavy atom. The van der Waals surface area contributed by atoms with Crippen molar-refractivity contribution in [2.75, 3.05) is 13.2 Å². The lowest BCUT2D eigenvalue weighted by Crippen LogP contribution is -2.23. The first kappa shape index (κ1) is 11.7. The Morgan fingerprint density at radius 2 is 2.07 bits per heavy atom. The van der Waals surface area contributed by atoms with Crippen molar-refractivity contribution in [2.24, 2.45) is 10.8 Å². The summed E-state index contributed by atoms with van der Waals surface area (Å²) >= 11 is 0. The van der Waals surface area contributed by atoms with Crippen molar-refractivity contribution >= 4 is 5.78 Å². The number of ether oxygens (including phenoxy) is 1. The molecule has 0 spiro atoms. The van der Waals surface area contributed by atoms with Crippen molar-refractivity contribution in [2.45, 2.75) is 47.0 Å². The highest BCUT2D eigenvalue weighted by Crippen LogP contribution is 2.33. The van der Waals surface area contributed by atoms with Crippen molar-refractivity contribution in [3.8, 4) is 0 Å². The van der Waals surface area contributed by atoms with Crippen LogP contribution in [-0.4, -0.2) is 19.0 Å². The van der Waals surface area contributed by atoms with Gasteiger partial charge in [-0.3, -0.25) is 4.79 Å². The van der Waals surface area contributed by atoms with Gasteiger partial charge in [-0.15, -0.1) is 0 Å². The van der Waals surface area contributed by atoms with Crippen LogP contribution in [0.1, 0.15) is 47.0 Å². The second-order valence-corrected chi connectivity index (χ2v) is 6.07. The van der Waals surface area contributed by atoms with Crippen LogP contribution >= 0.6 is 0 Å². The van der Waals surface area contributed by atoms with Crippen molar-refractivity contribution in [1.82, 2.24) is 0 Å². The third-order valence-corrected chi connectivity index (χ3v) is 2.65. The van der Waals surface area contributed by atoms with Gasteiger partial charge in [-0.05, 0) is 17.3 Å². The van der Waals surface area contributed by atoms with Crippen molar-refractivity contribution in [1.29, 1.82) is 0 Å². The van der Waals surface area contributed by atoms with E-state index in [1.165, 1.54) is 0 Å². The normalized spacial score (nSPS) is 28.0. The highest BCUT2D eigenvalue weighted by molar-refractivity contribution is 5.79. The van der Waals surface area contributed by atoms with Crippen molar-refractivity contribution < 1.29 is 9.53 Å². The molecule has 1 atom stereocenters. The van der Waals surface area contributed by atoms with Crippen LogP contribution in [0.2, 0.25) is 0 Å². The highest BCUT2D eigenvalue weighted by Gasteiger charge is 2.32. The molecular formula is C12H22O2. The Labute approximate surface area is 87.0 Å². The van der Waals surface area contributed by atoms with Gasteiger partial charge in [0.05, 0.1) is 6.61 Å². The van der Waals surface area contributed by atoms with Gasteiger partial charge in [0.25, 0.3) is 0 Å². The van der Waals surface area contributed by atoms with E-state index in [9.17, 15) is 4.79 Å². The molecule has 0 aromatic heterocycles. The number of hydrogen-bond donors (Lipinski definition) is 0. The molecule has 0 radical (unpaired) electrons. The Hall–Kier alpha value is -0.370. The average molecular weight is 198 g/mol. The number of carbonyl (C=O) groups is 1. The van der Waals surface area contributed by atoms with Gasteiger partial charge >= 0.3 is 0 Å². The van der Waals surface area contributed by atoms with E-state index in [-0.39, 0.29) is 10.8 Å². The van der Waals surface area contributed by atoms with E-state index in [0.717, 1.165) is 19.6 Å². The minimum Gasteiger partial charge on any atom is -0.381 e. The molecule has 0 N–H and O–H groups in total. The number of Topliss-reactive ketones (excluding diaryl/α,β-unsaturated/α-hetero) is 1. The second kappa shape index (κ2) is 4.01. The summed E-state index contributed by atoms with van der Waals surface area (Å²) in [4.78, 5) is 11.8. The summed E-state index contributed by atoms with van der Waals surface area (Å²) in [6.07, 6.45) is 2.40. The molecule has 0 aromatic rings. The van der Waals surface area contributed by atoms with Crippen LogP contribution in [0.5, 0.6) is 0 Å². The summed E-state index contributed by atoms with van der Waals surface area (Å²) in [5, 5.41) is 0. The monoisotopic (exact) mass is 198 g/mol. The fourth-order valence-electron chi connectivity index (χ4n) is 1.98. The van der Waals surface area contributed by atoms with Gasteiger partial charge in [-0.2, -0.15) is 0 Å². The molecule has 1 aliphatic rings. The maximum Gasteiger partial charge on any atom is 0.134 e. The zero-order valence-electron chi connectivity index (χ0n) is 9.85. The zero-order chi connectivity index (χ0) is 10.8. The van der Waals surface area contributed by atoms with Gasteiger partial charge in [0.15, 0.2) is 0 Å². The molecule has 0 bridgehead atoms. The topological polar surface area (TPSA) is 26.3 Å². The van der Waals surface area contributed by atoms with E-state index in [4.69, 9.17) is 4.74 Å². The minimum atomic E-state index is 0.113. The first-order valence-electron chi connectivity index (χ1n) is 5.40. The van der Waals surface area contributed by atoms with Crippen LogP contribution in [0.15, 0.2) is 0 Å². The van der Waals surface area contributed by atoms with Crippen LogP contribution in [0.4, 0.5) is 0 Å². The Bertz CT molecular complexity index is 207. The fourth-order valence-corrected chi connectivity index (χ4v) is 1.98. The number of rotatable bonds is 3. The first-order valence-corrected chi connectivity index (χ1v) is 5.40. The molecule has 1 heterocycles. The molecule has 1 unspecified atom stereocenters. The lowest BCUT2D eigenvalue weighted by Gasteiger charge is -2.23. The Morgan fingerprint density at radius 1 is 1.43 bits per heavy atom. The summed E-state index contributed by atoms with van der Waals surface area (Å²) in [7, 11) is 0. The second-order valence-electron chi connectivity index (χ2n) is 6.07. The molecular weight excluding hydrogens is 176 g/mol. The predicted octanol–water partition coefficient (Wildman–Crippen LogP) is 2.81. The SMILES string of the molecule is CC(C)(C)CC(=O)CC1(C)CCOC1. The van der Waals surface area contributed by atoms with Gasteiger partial charge in [-0.25, -0.2) is 0 Å². The van der Waals surface area contributed by atoms with Gasteiger partial charge in [0.2, 0.25) is 0 Å². The minimum absolute atomic E-state index is 0.113. The molecule has 2 heteroatoms. The molecule has 1 aliphatic heterocycles. The molecule has 1 saturated heterocycles. The number of carbonyl (C=O) groups excluding carboxylic acids is 1. The van der Waals surface area contributed by atoms with E-state index < -0.39 is 0 Å². The highest BCUT2D eigenvalue weighted by atomic mass is 16.5. The van der Waals surface area contributed by atoms with E-state index in [2.05, 4.69) is 27.7 Å². The van der Waals surface area contributed by atoms with Crippen LogP contribution in [0.3, 0.4) is 0 Å². The lowest BCUT2D eigenvalue weighted by atomic mass is 9.80. The molecule has 0 amide bonds. The van der Waals surface area contributed by atoms with E-state index in [0.29, 0.717) is 18.6 Å². The summed E-state index contributed by atoms with van der Waals surface area (Å²) < 4.78 is 5.34. The maximum atomic E-state index is 11.8. The van der Waals surface area contributed by atoms with E-state index in [1.54, 1.807) is 0 Å². The van der Waals surface area contributed by atoms with Crippen LogP contribution in [0, 0.1) is 10.8 Å². The molecule has 0 saturated carbocycles. The maximum absolute atomic E-state index is 11.8. The van der Waals surface area contributed by atoms with Gasteiger partial charge in [-0.1, -0.05) is 27.7 Å². The number of hydrogen-bond acceptors (Lipinski definition) is 2. The van der Waals surface area contributed by atoms with Crippen LogP contribution in [-0.2, 0) is 9.53 Å². The quantitative estimate of drug-likeness (QED) is 0.697. The molecule has 82 valence electrons. The molecule has 0 aliphatic carbocycles. The molecule has 14 heavy (non-hydrogen) atoms. The van der Waals surface area contributed by atoms with Gasteiger partial charge in [0, 0.05) is 19.4 Å². The molecule has 1 rings (SSSR count). The number of ketones is 1. The molecule has 0 aromatic carbocycles. The van der Waals surface area contributed by atoms with E-state index in [1.807, 2.05) is 0 Å². The Balaban J connectivity index is 2.40. The third kappa shape index (κ3) is 3.79. The van der Waals surface area contributed by atoms with Gasteiger partial charge in [0.1, 0.15) is 5.78 Å². The molecule has 2 nitrogen and oxygen atoms in total. The summed E-state index contributed by atoms with van der Waals surface area (Å²) in [5.74, 6) is 0.380. The molecule has 1 fully saturated rings. The first-order chi connectivity index (χ1) is 6.31. The third-order valence-electron chi connectivity index (χ3n) is 2.65. The fraction of sp³-hybridized carbons (Fsp3) is 0.917. The van der Waals surface area contributed by atoms with Crippen molar-refractivity contribution in [3.63, 3.8) is 0 Å². The van der Waals surface area contributed by atoms with Crippen LogP contribution in [0.25, 0.3) is 0 Å². The standard InChI is InChI=1S/C12H22O2/c1-11(2,3)7-10(13)8-12(4)5-6-14-9-12/h5-9H2,1-4H3. The van der Waals surface area contributed by atoms with Crippen LogP contribution < -0.4 is 0 Å². The van der Waals surface area contributed by atoms with Gasteiger partial charge < -0.3 is 4.74 Å². The largest absolute Gasteiger partial charge is 0.381 e.